The molecule has 3 N–H and O–H groups in total. The molecule has 8 heteroatoms. The Bertz CT molecular complexity index is 1150. The highest BCUT2D eigenvalue weighted by atomic mass is 32.2. The first-order valence-corrected chi connectivity index (χ1v) is 10.2. The van der Waals surface area contributed by atoms with Crippen LogP contribution in [0, 0.1) is 6.92 Å². The van der Waals surface area contributed by atoms with Crippen LogP contribution in [0.4, 0.5) is 16.2 Å². The Hall–Kier alpha value is -3.65. The van der Waals surface area contributed by atoms with Crippen molar-refractivity contribution in [2.45, 2.75) is 11.8 Å². The second-order valence-corrected chi connectivity index (χ2v) is 7.96. The number of para-hydroxylation sites is 1. The molecule has 148 valence electrons. The molecule has 3 rings (SSSR count). The first-order chi connectivity index (χ1) is 13.8. The fraction of sp³-hybridized carbons (Fsp3) is 0.0476. The lowest BCUT2D eigenvalue weighted by Gasteiger charge is -2.10. The van der Waals surface area contributed by atoms with Crippen molar-refractivity contribution in [1.82, 2.24) is 4.72 Å². The van der Waals surface area contributed by atoms with Crippen LogP contribution < -0.4 is 15.4 Å². The summed E-state index contributed by atoms with van der Waals surface area (Å²) >= 11 is 0. The van der Waals surface area contributed by atoms with E-state index in [4.69, 9.17) is 0 Å². The first-order valence-electron chi connectivity index (χ1n) is 8.70. The number of sulfonamides is 1. The molecule has 0 radical (unpaired) electrons. The highest BCUT2D eigenvalue weighted by molar-refractivity contribution is 7.90. The molecule has 3 amide bonds. The highest BCUT2D eigenvalue weighted by Gasteiger charge is 2.18. The van der Waals surface area contributed by atoms with Crippen molar-refractivity contribution in [3.63, 3.8) is 0 Å². The third-order valence-corrected chi connectivity index (χ3v) is 5.27. The fourth-order valence-electron chi connectivity index (χ4n) is 2.59. The average molecular weight is 409 g/mol. The third-order valence-electron chi connectivity index (χ3n) is 3.94. The van der Waals surface area contributed by atoms with Crippen LogP contribution in [-0.2, 0) is 10.0 Å². The van der Waals surface area contributed by atoms with Gasteiger partial charge in [-0.15, -0.1) is 0 Å². The second-order valence-electron chi connectivity index (χ2n) is 6.28. The van der Waals surface area contributed by atoms with Gasteiger partial charge in [0.15, 0.2) is 0 Å². The van der Waals surface area contributed by atoms with Crippen LogP contribution in [0.1, 0.15) is 15.9 Å². The van der Waals surface area contributed by atoms with Gasteiger partial charge in [0.05, 0.1) is 4.90 Å². The summed E-state index contributed by atoms with van der Waals surface area (Å²) in [5.41, 5.74) is 2.14. The number of hydrogen-bond acceptors (Lipinski definition) is 4. The molecular formula is C21H19N3O4S. The Morgan fingerprint density at radius 2 is 1.45 bits per heavy atom. The third kappa shape index (κ3) is 5.43. The maximum Gasteiger partial charge on any atom is 0.333 e. The van der Waals surface area contributed by atoms with E-state index >= 15 is 0 Å². The summed E-state index contributed by atoms with van der Waals surface area (Å²) in [7, 11) is -4.12. The molecule has 29 heavy (non-hydrogen) atoms. The predicted molar refractivity (Wildman–Crippen MR) is 111 cm³/mol. The molecule has 0 aliphatic rings. The Morgan fingerprint density at radius 1 is 0.759 bits per heavy atom. The minimum Gasteiger partial charge on any atom is -0.322 e. The number of carbonyl (C=O) groups is 2. The van der Waals surface area contributed by atoms with Gasteiger partial charge in [0.25, 0.3) is 15.9 Å². The van der Waals surface area contributed by atoms with Gasteiger partial charge in [-0.2, -0.15) is 0 Å². The van der Waals surface area contributed by atoms with E-state index in [-0.39, 0.29) is 10.8 Å². The lowest BCUT2D eigenvalue weighted by molar-refractivity contribution is 0.102. The number of benzene rings is 3. The summed E-state index contributed by atoms with van der Waals surface area (Å²) in [5.74, 6) is -0.363. The molecule has 0 heterocycles. The molecule has 0 aliphatic carbocycles. The van der Waals surface area contributed by atoms with Crippen molar-refractivity contribution < 1.29 is 18.0 Å². The van der Waals surface area contributed by atoms with E-state index in [2.05, 4.69) is 10.6 Å². The minimum atomic E-state index is -4.12. The fourth-order valence-corrected chi connectivity index (χ4v) is 3.54. The molecule has 0 unspecified atom stereocenters. The van der Waals surface area contributed by atoms with Crippen molar-refractivity contribution in [3.8, 4) is 0 Å². The van der Waals surface area contributed by atoms with E-state index in [0.29, 0.717) is 16.9 Å². The van der Waals surface area contributed by atoms with Gasteiger partial charge in [-0.1, -0.05) is 42.0 Å². The first kappa shape index (κ1) is 20.1. The summed E-state index contributed by atoms with van der Waals surface area (Å²) < 4.78 is 27.0. The number of carbonyl (C=O) groups excluding carboxylic acids is 2. The summed E-state index contributed by atoms with van der Waals surface area (Å²) in [4.78, 5) is 24.2. The molecule has 0 atom stereocenters. The van der Waals surface area contributed by atoms with E-state index in [0.717, 1.165) is 5.56 Å². The van der Waals surface area contributed by atoms with Crippen LogP contribution in [0.25, 0.3) is 0 Å². The zero-order valence-electron chi connectivity index (χ0n) is 15.5. The van der Waals surface area contributed by atoms with Crippen LogP contribution in [0.15, 0.2) is 83.8 Å². The van der Waals surface area contributed by atoms with Crippen LogP contribution >= 0.6 is 0 Å². The van der Waals surface area contributed by atoms with Gasteiger partial charge < -0.3 is 10.6 Å². The molecule has 3 aromatic carbocycles. The minimum absolute atomic E-state index is 0.150. The van der Waals surface area contributed by atoms with Gasteiger partial charge in [0.1, 0.15) is 0 Å². The van der Waals surface area contributed by atoms with E-state index in [1.807, 2.05) is 17.7 Å². The van der Waals surface area contributed by atoms with E-state index < -0.39 is 16.1 Å². The highest BCUT2D eigenvalue weighted by Crippen LogP contribution is 2.17. The van der Waals surface area contributed by atoms with Crippen LogP contribution in [0.2, 0.25) is 0 Å². The molecule has 7 nitrogen and oxygen atoms in total. The van der Waals surface area contributed by atoms with Gasteiger partial charge in [0, 0.05) is 16.9 Å². The Kier molecular flexibility index (Phi) is 5.94. The maximum absolute atomic E-state index is 12.5. The van der Waals surface area contributed by atoms with Gasteiger partial charge >= 0.3 is 6.03 Å². The van der Waals surface area contributed by atoms with Gasteiger partial charge in [-0.25, -0.2) is 17.9 Å². The Labute approximate surface area is 168 Å². The number of hydrogen-bond donors (Lipinski definition) is 3. The number of rotatable bonds is 5. The van der Waals surface area contributed by atoms with Crippen molar-refractivity contribution in [2.24, 2.45) is 0 Å². The number of amides is 3. The second kappa shape index (κ2) is 8.57. The van der Waals surface area contributed by atoms with Crippen LogP contribution in [-0.4, -0.2) is 20.4 Å². The Balaban J connectivity index is 1.72. The zero-order valence-corrected chi connectivity index (χ0v) is 16.4. The van der Waals surface area contributed by atoms with Crippen molar-refractivity contribution >= 4 is 33.3 Å². The molecule has 0 bridgehead atoms. The predicted octanol–water partition coefficient (Wildman–Crippen LogP) is 3.76. The van der Waals surface area contributed by atoms with E-state index in [1.165, 1.54) is 18.2 Å². The topological polar surface area (TPSA) is 104 Å². The molecule has 0 spiro atoms. The summed E-state index contributed by atoms with van der Waals surface area (Å²) in [6, 6.07) is 20.3. The lowest BCUT2D eigenvalue weighted by atomic mass is 10.1. The van der Waals surface area contributed by atoms with Crippen LogP contribution in [0.3, 0.4) is 0 Å². The average Bonchev–Trinajstić information content (AvgIpc) is 2.68. The molecule has 0 aromatic heterocycles. The molecule has 0 saturated heterocycles. The number of nitrogens with one attached hydrogen (secondary N) is 3. The van der Waals surface area contributed by atoms with Gasteiger partial charge in [0.2, 0.25) is 0 Å². The quantitative estimate of drug-likeness (QED) is 0.597. The van der Waals surface area contributed by atoms with Crippen molar-refractivity contribution in [3.05, 3.63) is 90.0 Å². The summed E-state index contributed by atoms with van der Waals surface area (Å²) in [5, 5.41) is 5.10. The lowest BCUT2D eigenvalue weighted by Crippen LogP contribution is -2.34. The molecule has 3 aromatic rings. The number of anilines is 2. The van der Waals surface area contributed by atoms with Crippen molar-refractivity contribution in [1.29, 1.82) is 0 Å². The number of urea groups is 1. The zero-order chi connectivity index (χ0) is 20.9. The Morgan fingerprint density at radius 3 is 2.17 bits per heavy atom. The maximum atomic E-state index is 12.5. The van der Waals surface area contributed by atoms with E-state index in [1.54, 1.807) is 54.6 Å². The summed E-state index contributed by atoms with van der Waals surface area (Å²) in [6.45, 7) is 1.87. The van der Waals surface area contributed by atoms with Gasteiger partial charge in [-0.05, 0) is 49.4 Å². The number of aryl methyl sites for hydroxylation is 1. The SMILES string of the molecule is Cc1cccc(C(=O)Nc2cccc(S(=O)(=O)NC(=O)Nc3ccccc3)c2)c1. The summed E-state index contributed by atoms with van der Waals surface area (Å²) in [6.07, 6.45) is 0. The monoisotopic (exact) mass is 409 g/mol. The van der Waals surface area contributed by atoms with E-state index in [9.17, 15) is 18.0 Å². The molecule has 0 aliphatic heterocycles. The van der Waals surface area contributed by atoms with Crippen LogP contribution in [0.5, 0.6) is 0 Å². The molecule has 0 saturated carbocycles. The van der Waals surface area contributed by atoms with Crippen molar-refractivity contribution in [2.75, 3.05) is 10.6 Å². The smallest absolute Gasteiger partial charge is 0.322 e. The largest absolute Gasteiger partial charge is 0.333 e. The van der Waals surface area contributed by atoms with Gasteiger partial charge in [-0.3, -0.25) is 4.79 Å². The molecule has 0 fully saturated rings. The standard InChI is InChI=1S/C21H19N3O4S/c1-15-7-5-8-16(13-15)20(25)22-18-11-6-12-19(14-18)29(27,28)24-21(26)23-17-9-3-2-4-10-17/h2-14H,1H3,(H,22,25)(H2,23,24,26). The normalized spacial score (nSPS) is 10.8. The molecular weight excluding hydrogens is 390 g/mol.